The molecule has 0 aliphatic rings. The molecule has 22 heavy (non-hydrogen) atoms. The van der Waals surface area contributed by atoms with Crippen molar-refractivity contribution in [3.63, 3.8) is 0 Å². The number of benzene rings is 2. The highest BCUT2D eigenvalue weighted by Crippen LogP contribution is 2.15. The van der Waals surface area contributed by atoms with E-state index in [0.717, 1.165) is 11.6 Å². The van der Waals surface area contributed by atoms with Crippen molar-refractivity contribution in [1.29, 1.82) is 0 Å². The van der Waals surface area contributed by atoms with Crippen LogP contribution < -0.4 is 15.6 Å². The first-order valence-corrected chi connectivity index (χ1v) is 6.60. The molecule has 0 radical (unpaired) electrons. The zero-order chi connectivity index (χ0) is 15.9. The second-order valence-electron chi connectivity index (χ2n) is 4.54. The van der Waals surface area contributed by atoms with Crippen LogP contribution in [0.25, 0.3) is 0 Å². The number of aryl methyl sites for hydroxylation is 1. The highest BCUT2D eigenvalue weighted by Gasteiger charge is 2.11. The molecule has 0 aromatic heterocycles. The standard InChI is InChI=1S/C16H15FN2O3/c1-11-6-2-5-9-14(11)22-10-15(20)18-19-16(21)12-7-3-4-8-13(12)17/h2-9H,10H2,1H3,(H,18,20)(H,19,21). The number of hydrazine groups is 1. The summed E-state index contributed by atoms with van der Waals surface area (Å²) < 4.78 is 18.7. The molecule has 0 bridgehead atoms. The minimum absolute atomic E-state index is 0.150. The predicted molar refractivity (Wildman–Crippen MR) is 78.7 cm³/mol. The van der Waals surface area contributed by atoms with E-state index >= 15 is 0 Å². The maximum Gasteiger partial charge on any atom is 0.276 e. The number of nitrogens with one attached hydrogen (secondary N) is 2. The van der Waals surface area contributed by atoms with Gasteiger partial charge in [-0.05, 0) is 30.7 Å². The molecule has 5 nitrogen and oxygen atoms in total. The summed E-state index contributed by atoms with van der Waals surface area (Å²) in [4.78, 5) is 23.3. The summed E-state index contributed by atoms with van der Waals surface area (Å²) in [5.41, 5.74) is 5.04. The Balaban J connectivity index is 1.82. The smallest absolute Gasteiger partial charge is 0.276 e. The van der Waals surface area contributed by atoms with Crippen molar-refractivity contribution >= 4 is 11.8 Å². The second-order valence-corrected chi connectivity index (χ2v) is 4.54. The third-order valence-corrected chi connectivity index (χ3v) is 2.89. The van der Waals surface area contributed by atoms with Gasteiger partial charge < -0.3 is 4.74 Å². The average molecular weight is 302 g/mol. The van der Waals surface area contributed by atoms with Gasteiger partial charge in [-0.25, -0.2) is 4.39 Å². The van der Waals surface area contributed by atoms with Crippen molar-refractivity contribution in [2.24, 2.45) is 0 Å². The van der Waals surface area contributed by atoms with Crippen LogP contribution in [0.4, 0.5) is 4.39 Å². The highest BCUT2D eigenvalue weighted by molar-refractivity contribution is 5.95. The van der Waals surface area contributed by atoms with Crippen molar-refractivity contribution in [1.82, 2.24) is 10.9 Å². The normalized spacial score (nSPS) is 9.91. The summed E-state index contributed by atoms with van der Waals surface area (Å²) in [5, 5.41) is 0. The SMILES string of the molecule is Cc1ccccc1OCC(=O)NNC(=O)c1ccccc1F. The molecular weight excluding hydrogens is 287 g/mol. The third-order valence-electron chi connectivity index (χ3n) is 2.89. The minimum Gasteiger partial charge on any atom is -0.483 e. The Labute approximate surface area is 127 Å². The summed E-state index contributed by atoms with van der Waals surface area (Å²) in [6.07, 6.45) is 0. The lowest BCUT2D eigenvalue weighted by atomic mass is 10.2. The number of hydrogen-bond acceptors (Lipinski definition) is 3. The fourth-order valence-electron chi connectivity index (χ4n) is 1.74. The van der Waals surface area contributed by atoms with Gasteiger partial charge in [-0.2, -0.15) is 0 Å². The van der Waals surface area contributed by atoms with Crippen LogP contribution in [0.15, 0.2) is 48.5 Å². The lowest BCUT2D eigenvalue weighted by Gasteiger charge is -2.10. The van der Waals surface area contributed by atoms with Gasteiger partial charge in [-0.3, -0.25) is 20.4 Å². The minimum atomic E-state index is -0.734. The average Bonchev–Trinajstić information content (AvgIpc) is 2.52. The largest absolute Gasteiger partial charge is 0.483 e. The second kappa shape index (κ2) is 7.21. The first-order chi connectivity index (χ1) is 10.6. The number of carbonyl (C=O) groups is 2. The molecule has 0 aliphatic carbocycles. The maximum absolute atomic E-state index is 13.4. The summed E-state index contributed by atoms with van der Waals surface area (Å²) >= 11 is 0. The predicted octanol–water partition coefficient (Wildman–Crippen LogP) is 1.97. The van der Waals surface area contributed by atoms with Crippen LogP contribution in [0.3, 0.4) is 0 Å². The number of carbonyl (C=O) groups excluding carboxylic acids is 2. The third kappa shape index (κ3) is 4.05. The Morgan fingerprint density at radius 2 is 1.73 bits per heavy atom. The zero-order valence-electron chi connectivity index (χ0n) is 11.9. The Morgan fingerprint density at radius 1 is 1.05 bits per heavy atom. The Bertz CT molecular complexity index is 689. The molecule has 2 rings (SSSR count). The Morgan fingerprint density at radius 3 is 2.45 bits per heavy atom. The van der Waals surface area contributed by atoms with Gasteiger partial charge >= 0.3 is 0 Å². The number of halogens is 1. The molecule has 2 N–H and O–H groups in total. The van der Waals surface area contributed by atoms with E-state index in [1.807, 2.05) is 19.1 Å². The number of ether oxygens (including phenoxy) is 1. The van der Waals surface area contributed by atoms with Gasteiger partial charge in [-0.15, -0.1) is 0 Å². The summed E-state index contributed by atoms with van der Waals surface area (Å²) in [7, 11) is 0. The van der Waals surface area contributed by atoms with Crippen LogP contribution in [0, 0.1) is 12.7 Å². The van der Waals surface area contributed by atoms with E-state index in [1.165, 1.54) is 18.2 Å². The molecule has 2 amide bonds. The van der Waals surface area contributed by atoms with Gasteiger partial charge in [0, 0.05) is 0 Å². The van der Waals surface area contributed by atoms with E-state index in [9.17, 15) is 14.0 Å². The fraction of sp³-hybridized carbons (Fsp3) is 0.125. The monoisotopic (exact) mass is 302 g/mol. The summed E-state index contributed by atoms with van der Waals surface area (Å²) in [6, 6.07) is 12.7. The number of hydrogen-bond donors (Lipinski definition) is 2. The Kier molecular flexibility index (Phi) is 5.08. The molecule has 0 saturated carbocycles. The van der Waals surface area contributed by atoms with E-state index in [4.69, 9.17) is 4.74 Å². The molecular formula is C16H15FN2O3. The van der Waals surface area contributed by atoms with Crippen molar-refractivity contribution < 1.29 is 18.7 Å². The van der Waals surface area contributed by atoms with E-state index in [2.05, 4.69) is 10.9 Å². The van der Waals surface area contributed by atoms with Gasteiger partial charge in [0.15, 0.2) is 6.61 Å². The van der Waals surface area contributed by atoms with Gasteiger partial charge in [0.2, 0.25) is 0 Å². The molecule has 114 valence electrons. The molecule has 0 heterocycles. The van der Waals surface area contributed by atoms with Crippen LogP contribution in [0.2, 0.25) is 0 Å². The molecule has 0 aliphatic heterocycles. The van der Waals surface area contributed by atoms with Gasteiger partial charge in [0.1, 0.15) is 11.6 Å². The molecule has 0 fully saturated rings. The van der Waals surface area contributed by atoms with E-state index in [0.29, 0.717) is 5.75 Å². The summed E-state index contributed by atoms with van der Waals surface area (Å²) in [5.74, 6) is -1.36. The Hall–Kier alpha value is -2.89. The first-order valence-electron chi connectivity index (χ1n) is 6.60. The molecule has 0 spiro atoms. The molecule has 0 atom stereocenters. The van der Waals surface area contributed by atoms with Crippen LogP contribution in [0.1, 0.15) is 15.9 Å². The molecule has 0 unspecified atom stereocenters. The molecule has 0 saturated heterocycles. The lowest BCUT2D eigenvalue weighted by molar-refractivity contribution is -0.123. The van der Waals surface area contributed by atoms with Crippen molar-refractivity contribution in [3.05, 3.63) is 65.5 Å². The maximum atomic E-state index is 13.4. The van der Waals surface area contributed by atoms with Crippen molar-refractivity contribution in [2.75, 3.05) is 6.61 Å². The quantitative estimate of drug-likeness (QED) is 0.849. The van der Waals surface area contributed by atoms with E-state index < -0.39 is 17.6 Å². The number of rotatable bonds is 4. The lowest BCUT2D eigenvalue weighted by Crippen LogP contribution is -2.44. The van der Waals surface area contributed by atoms with Gasteiger partial charge in [0.05, 0.1) is 5.56 Å². The van der Waals surface area contributed by atoms with Crippen LogP contribution in [-0.4, -0.2) is 18.4 Å². The number of para-hydroxylation sites is 1. The molecule has 2 aromatic rings. The highest BCUT2D eigenvalue weighted by atomic mass is 19.1. The van der Waals surface area contributed by atoms with Crippen molar-refractivity contribution in [3.8, 4) is 5.75 Å². The number of amides is 2. The summed E-state index contributed by atoms with van der Waals surface area (Å²) in [6.45, 7) is 1.59. The topological polar surface area (TPSA) is 67.4 Å². The first kappa shape index (κ1) is 15.5. The van der Waals surface area contributed by atoms with Crippen LogP contribution >= 0.6 is 0 Å². The van der Waals surface area contributed by atoms with E-state index in [1.54, 1.807) is 12.1 Å². The molecule has 6 heteroatoms. The van der Waals surface area contributed by atoms with Crippen molar-refractivity contribution in [2.45, 2.75) is 6.92 Å². The fourth-order valence-corrected chi connectivity index (χ4v) is 1.74. The van der Waals surface area contributed by atoms with Crippen LogP contribution in [0.5, 0.6) is 5.75 Å². The zero-order valence-corrected chi connectivity index (χ0v) is 11.9. The van der Waals surface area contributed by atoms with E-state index in [-0.39, 0.29) is 12.2 Å². The van der Waals surface area contributed by atoms with Gasteiger partial charge in [0.25, 0.3) is 11.8 Å². The molecule has 2 aromatic carbocycles. The van der Waals surface area contributed by atoms with Gasteiger partial charge in [-0.1, -0.05) is 30.3 Å². The van der Waals surface area contributed by atoms with Crippen LogP contribution in [-0.2, 0) is 4.79 Å².